The number of nitrogens with zero attached hydrogens (tertiary/aromatic N) is 4. The van der Waals surface area contributed by atoms with Crippen LogP contribution < -0.4 is 11.1 Å². The first kappa shape index (κ1) is 22.8. The number of hydrogen-bond acceptors (Lipinski definition) is 5. The Bertz CT molecular complexity index is 1180. The van der Waals surface area contributed by atoms with Crippen molar-refractivity contribution in [2.24, 2.45) is 5.73 Å². The van der Waals surface area contributed by atoms with Gasteiger partial charge in [0.25, 0.3) is 5.91 Å². The third kappa shape index (κ3) is 5.00. The molecule has 0 spiro atoms. The second kappa shape index (κ2) is 9.61. The molecule has 0 atom stereocenters. The summed E-state index contributed by atoms with van der Waals surface area (Å²) < 4.78 is 15.9. The van der Waals surface area contributed by atoms with E-state index in [-0.39, 0.29) is 17.8 Å². The molecule has 4 rings (SSSR count). The molecule has 2 heterocycles. The third-order valence-electron chi connectivity index (χ3n) is 6.11. The smallest absolute Gasteiger partial charge is 0.254 e. The number of carbonyl (C=O) groups is 1. The number of aromatic nitrogens is 2. The number of nitriles is 1. The van der Waals surface area contributed by atoms with Gasteiger partial charge in [-0.3, -0.25) is 14.4 Å². The molecule has 1 aliphatic rings. The van der Waals surface area contributed by atoms with Gasteiger partial charge in [-0.15, -0.1) is 0 Å². The number of piperidine rings is 1. The molecular formula is C24H24ClFN6O. The van der Waals surface area contributed by atoms with Crippen LogP contribution in [0.25, 0.3) is 0 Å². The van der Waals surface area contributed by atoms with Crippen LogP contribution in [0.5, 0.6) is 0 Å². The van der Waals surface area contributed by atoms with Crippen LogP contribution in [-0.2, 0) is 12.1 Å². The van der Waals surface area contributed by atoms with Gasteiger partial charge in [0.15, 0.2) is 5.82 Å². The fraction of sp³-hybridized carbons (Fsp3) is 0.292. The number of nitrogens with one attached hydrogen (secondary N) is 1. The zero-order valence-corrected chi connectivity index (χ0v) is 18.7. The van der Waals surface area contributed by atoms with E-state index in [9.17, 15) is 14.4 Å². The molecule has 0 bridgehead atoms. The zero-order valence-electron chi connectivity index (χ0n) is 18.0. The Morgan fingerprint density at radius 2 is 1.97 bits per heavy atom. The molecule has 0 unspecified atom stereocenters. The molecule has 0 aliphatic carbocycles. The van der Waals surface area contributed by atoms with Crippen molar-refractivity contribution in [3.8, 4) is 6.07 Å². The van der Waals surface area contributed by atoms with Gasteiger partial charge < -0.3 is 11.1 Å². The van der Waals surface area contributed by atoms with Crippen LogP contribution >= 0.6 is 11.6 Å². The molecule has 1 aliphatic heterocycles. The molecule has 1 saturated heterocycles. The van der Waals surface area contributed by atoms with Crippen molar-refractivity contribution in [2.75, 3.05) is 18.4 Å². The fourth-order valence-corrected chi connectivity index (χ4v) is 4.36. The standard InChI is InChI=1S/C24H24ClFN6O/c25-18-7-6-17(21(26)14-18)15-31-12-9-24(8-11-27,10-13-31)32-16-20(22(28)33)23(30-32)29-19-4-2-1-3-5-19/h1-7,14,16H,8-10,12-13,15H2,(H2,28,33)(H,29,30). The van der Waals surface area contributed by atoms with Crippen LogP contribution in [0.15, 0.2) is 54.7 Å². The lowest BCUT2D eigenvalue weighted by molar-refractivity contribution is 0.0962. The highest BCUT2D eigenvalue weighted by Crippen LogP contribution is 2.35. The predicted octanol–water partition coefficient (Wildman–Crippen LogP) is 4.42. The van der Waals surface area contributed by atoms with Gasteiger partial charge in [0.1, 0.15) is 11.4 Å². The Labute approximate surface area is 196 Å². The summed E-state index contributed by atoms with van der Waals surface area (Å²) in [5, 5.41) is 17.7. The molecule has 7 nitrogen and oxygen atoms in total. The molecule has 2 aromatic carbocycles. The summed E-state index contributed by atoms with van der Waals surface area (Å²) >= 11 is 5.86. The molecule has 3 aromatic rings. The maximum atomic E-state index is 14.2. The summed E-state index contributed by atoms with van der Waals surface area (Å²) in [5.41, 5.74) is 6.65. The molecule has 9 heteroatoms. The van der Waals surface area contributed by atoms with Crippen molar-refractivity contribution in [2.45, 2.75) is 31.3 Å². The summed E-state index contributed by atoms with van der Waals surface area (Å²) in [6, 6.07) is 16.3. The first-order valence-corrected chi connectivity index (χ1v) is 11.0. The SMILES string of the molecule is N#CCC1(n2cc(C(N)=O)c(Nc3ccccc3)n2)CCN(Cc2ccc(Cl)cc2F)CC1. The molecular weight excluding hydrogens is 443 g/mol. The van der Waals surface area contributed by atoms with Gasteiger partial charge in [0.2, 0.25) is 0 Å². The normalized spacial score (nSPS) is 15.7. The van der Waals surface area contributed by atoms with E-state index >= 15 is 0 Å². The first-order chi connectivity index (χ1) is 15.9. The van der Waals surface area contributed by atoms with E-state index in [1.54, 1.807) is 23.0 Å². The van der Waals surface area contributed by atoms with Crippen LogP contribution in [0.4, 0.5) is 15.9 Å². The third-order valence-corrected chi connectivity index (χ3v) is 6.34. The average Bonchev–Trinajstić information content (AvgIpc) is 3.23. The molecule has 0 radical (unpaired) electrons. The second-order valence-corrected chi connectivity index (χ2v) is 8.70. The number of amides is 1. The van der Waals surface area contributed by atoms with E-state index < -0.39 is 11.4 Å². The zero-order chi connectivity index (χ0) is 23.4. The highest BCUT2D eigenvalue weighted by atomic mass is 35.5. The predicted molar refractivity (Wildman–Crippen MR) is 125 cm³/mol. The number of carbonyl (C=O) groups excluding carboxylic acids is 1. The molecule has 0 saturated carbocycles. The number of halogens is 2. The Hall–Kier alpha value is -3.41. The summed E-state index contributed by atoms with van der Waals surface area (Å²) in [7, 11) is 0. The Morgan fingerprint density at radius 1 is 1.24 bits per heavy atom. The van der Waals surface area contributed by atoms with Crippen molar-refractivity contribution in [1.29, 1.82) is 5.26 Å². The minimum absolute atomic E-state index is 0.237. The van der Waals surface area contributed by atoms with Gasteiger partial charge >= 0.3 is 0 Å². The van der Waals surface area contributed by atoms with Crippen LogP contribution in [0.3, 0.4) is 0 Å². The van der Waals surface area contributed by atoms with Gasteiger partial charge in [0.05, 0.1) is 18.0 Å². The molecule has 33 heavy (non-hydrogen) atoms. The van der Waals surface area contributed by atoms with E-state index in [2.05, 4.69) is 21.4 Å². The average molecular weight is 467 g/mol. The monoisotopic (exact) mass is 466 g/mol. The number of para-hydroxylation sites is 1. The highest BCUT2D eigenvalue weighted by Gasteiger charge is 2.38. The van der Waals surface area contributed by atoms with Crippen molar-refractivity contribution < 1.29 is 9.18 Å². The maximum Gasteiger partial charge on any atom is 0.254 e. The molecule has 1 aromatic heterocycles. The molecule has 1 fully saturated rings. The van der Waals surface area contributed by atoms with Crippen LogP contribution in [0, 0.1) is 17.1 Å². The second-order valence-electron chi connectivity index (χ2n) is 8.26. The van der Waals surface area contributed by atoms with Crippen molar-refractivity contribution in [3.63, 3.8) is 0 Å². The summed E-state index contributed by atoms with van der Waals surface area (Å²) in [4.78, 5) is 14.2. The maximum absolute atomic E-state index is 14.2. The van der Waals surface area contributed by atoms with E-state index in [1.807, 2.05) is 30.3 Å². The topological polar surface area (TPSA) is 100.0 Å². The van der Waals surface area contributed by atoms with Crippen molar-refractivity contribution in [3.05, 3.63) is 76.7 Å². The number of anilines is 2. The van der Waals surface area contributed by atoms with E-state index in [0.29, 0.717) is 48.9 Å². The fourth-order valence-electron chi connectivity index (χ4n) is 4.20. The Kier molecular flexibility index (Phi) is 6.63. The minimum Gasteiger partial charge on any atom is -0.365 e. The van der Waals surface area contributed by atoms with E-state index in [0.717, 1.165) is 5.69 Å². The quantitative estimate of drug-likeness (QED) is 0.536. The van der Waals surface area contributed by atoms with Gasteiger partial charge in [-0.2, -0.15) is 10.4 Å². The summed E-state index contributed by atoms with van der Waals surface area (Å²) in [6.45, 7) is 1.76. The molecule has 1 amide bonds. The van der Waals surface area contributed by atoms with Gasteiger partial charge in [0, 0.05) is 42.1 Å². The summed E-state index contributed by atoms with van der Waals surface area (Å²) in [6.07, 6.45) is 3.11. The van der Waals surface area contributed by atoms with Crippen LogP contribution in [0.1, 0.15) is 35.2 Å². The lowest BCUT2D eigenvalue weighted by atomic mass is 9.84. The molecule has 3 N–H and O–H groups in total. The highest BCUT2D eigenvalue weighted by molar-refractivity contribution is 6.30. The van der Waals surface area contributed by atoms with Crippen LogP contribution in [0.2, 0.25) is 5.02 Å². The van der Waals surface area contributed by atoms with Crippen molar-refractivity contribution >= 4 is 29.0 Å². The van der Waals surface area contributed by atoms with Gasteiger partial charge in [-0.05, 0) is 37.1 Å². The van der Waals surface area contributed by atoms with E-state index in [1.165, 1.54) is 6.07 Å². The lowest BCUT2D eigenvalue weighted by Crippen LogP contribution is -2.46. The minimum atomic E-state index is -0.595. The number of hydrogen-bond donors (Lipinski definition) is 2. The first-order valence-electron chi connectivity index (χ1n) is 10.7. The van der Waals surface area contributed by atoms with Gasteiger partial charge in [-0.1, -0.05) is 35.9 Å². The molecule has 170 valence electrons. The summed E-state index contributed by atoms with van der Waals surface area (Å²) in [5.74, 6) is -0.565. The number of likely N-dealkylation sites (tertiary alicyclic amines) is 1. The van der Waals surface area contributed by atoms with E-state index in [4.69, 9.17) is 17.3 Å². The lowest BCUT2D eigenvalue weighted by Gasteiger charge is -2.40. The number of rotatable bonds is 7. The Morgan fingerprint density at radius 3 is 2.61 bits per heavy atom. The van der Waals surface area contributed by atoms with Gasteiger partial charge in [-0.25, -0.2) is 4.39 Å². The Balaban J connectivity index is 1.55. The number of primary amides is 1. The van der Waals surface area contributed by atoms with Crippen LogP contribution in [-0.4, -0.2) is 33.7 Å². The van der Waals surface area contributed by atoms with Crippen molar-refractivity contribution in [1.82, 2.24) is 14.7 Å². The largest absolute Gasteiger partial charge is 0.365 e. The number of nitrogens with two attached hydrogens (primary N) is 1. The number of benzene rings is 2.